The van der Waals surface area contributed by atoms with Crippen molar-refractivity contribution in [2.75, 3.05) is 4.90 Å². The molecular formula is C13H15N3O5. The molecule has 0 fully saturated rings. The maximum absolute atomic E-state index is 12.5. The van der Waals surface area contributed by atoms with Gasteiger partial charge in [-0.2, -0.15) is 0 Å². The lowest BCUT2D eigenvalue weighted by atomic mass is 10.0. The van der Waals surface area contributed by atoms with Crippen molar-refractivity contribution in [3.05, 3.63) is 28.3 Å². The van der Waals surface area contributed by atoms with Gasteiger partial charge >= 0.3 is 0 Å². The van der Waals surface area contributed by atoms with Gasteiger partial charge in [-0.05, 0) is 26.8 Å². The first-order valence-corrected chi connectivity index (χ1v) is 6.25. The Bertz CT molecular complexity index is 641. The number of carbonyl (C=O) groups excluding carboxylic acids is 2. The van der Waals surface area contributed by atoms with E-state index in [1.54, 1.807) is 13.8 Å². The maximum Gasteiger partial charge on any atom is 0.271 e. The molecule has 0 spiro atoms. The van der Waals surface area contributed by atoms with Crippen LogP contribution in [0, 0.1) is 10.1 Å². The Morgan fingerprint density at radius 3 is 2.62 bits per heavy atom. The van der Waals surface area contributed by atoms with E-state index in [1.807, 2.05) is 0 Å². The fourth-order valence-corrected chi connectivity index (χ4v) is 2.12. The average molecular weight is 293 g/mol. The normalized spacial score (nSPS) is 17.7. The van der Waals surface area contributed by atoms with Crippen molar-refractivity contribution in [3.8, 4) is 5.75 Å². The number of hydrogen-bond acceptors (Lipinski definition) is 5. The molecular weight excluding hydrogens is 278 g/mol. The van der Waals surface area contributed by atoms with Gasteiger partial charge in [0.1, 0.15) is 11.8 Å². The molecule has 2 rings (SSSR count). The number of nitro groups is 1. The lowest BCUT2D eigenvalue weighted by Crippen LogP contribution is -2.58. The van der Waals surface area contributed by atoms with Crippen LogP contribution in [0.1, 0.15) is 20.8 Å². The van der Waals surface area contributed by atoms with Crippen LogP contribution in [0.25, 0.3) is 0 Å². The van der Waals surface area contributed by atoms with Crippen LogP contribution in [-0.2, 0) is 9.59 Å². The molecule has 21 heavy (non-hydrogen) atoms. The van der Waals surface area contributed by atoms with Gasteiger partial charge in [0.25, 0.3) is 11.6 Å². The first kappa shape index (κ1) is 14.8. The van der Waals surface area contributed by atoms with E-state index in [2.05, 4.69) is 0 Å². The summed E-state index contributed by atoms with van der Waals surface area (Å²) in [4.78, 5) is 35.3. The van der Waals surface area contributed by atoms with Gasteiger partial charge in [-0.1, -0.05) is 0 Å². The average Bonchev–Trinajstić information content (AvgIpc) is 2.38. The molecule has 1 aliphatic rings. The van der Waals surface area contributed by atoms with Crippen molar-refractivity contribution in [1.82, 2.24) is 0 Å². The molecule has 0 aromatic heterocycles. The summed E-state index contributed by atoms with van der Waals surface area (Å²) in [5, 5.41) is 10.9. The predicted octanol–water partition coefficient (Wildman–Crippen LogP) is 0.973. The van der Waals surface area contributed by atoms with E-state index < -0.39 is 28.4 Å². The zero-order chi connectivity index (χ0) is 15.9. The fourth-order valence-electron chi connectivity index (χ4n) is 2.12. The molecule has 0 radical (unpaired) electrons. The predicted molar refractivity (Wildman–Crippen MR) is 73.9 cm³/mol. The highest BCUT2D eigenvalue weighted by atomic mass is 16.6. The third-order valence-electron chi connectivity index (χ3n) is 3.31. The van der Waals surface area contributed by atoms with Crippen molar-refractivity contribution in [3.63, 3.8) is 0 Å². The van der Waals surface area contributed by atoms with Gasteiger partial charge in [0.15, 0.2) is 5.60 Å². The molecule has 8 nitrogen and oxygen atoms in total. The summed E-state index contributed by atoms with van der Waals surface area (Å²) >= 11 is 0. The summed E-state index contributed by atoms with van der Waals surface area (Å²) in [5.74, 6) is -0.904. The summed E-state index contributed by atoms with van der Waals surface area (Å²) in [6.45, 7) is 4.57. The number of primary amides is 1. The Morgan fingerprint density at radius 1 is 1.48 bits per heavy atom. The molecule has 2 amide bonds. The lowest BCUT2D eigenvalue weighted by Gasteiger charge is -2.40. The topological polar surface area (TPSA) is 116 Å². The highest BCUT2D eigenvalue weighted by Gasteiger charge is 2.44. The summed E-state index contributed by atoms with van der Waals surface area (Å²) in [6.07, 6.45) is 0. The number of rotatable bonds is 3. The van der Waals surface area contributed by atoms with Crippen LogP contribution in [-0.4, -0.2) is 28.4 Å². The molecule has 0 saturated carbocycles. The molecule has 112 valence electrons. The van der Waals surface area contributed by atoms with Crippen molar-refractivity contribution in [1.29, 1.82) is 0 Å². The Balaban J connectivity index is 2.63. The summed E-state index contributed by atoms with van der Waals surface area (Å²) in [6, 6.07) is 2.93. The van der Waals surface area contributed by atoms with Crippen LogP contribution in [0.5, 0.6) is 5.75 Å². The fraction of sp³-hybridized carbons (Fsp3) is 0.385. The highest BCUT2D eigenvalue weighted by molar-refractivity contribution is 6.07. The zero-order valence-corrected chi connectivity index (χ0v) is 11.8. The second kappa shape index (κ2) is 4.72. The van der Waals surface area contributed by atoms with Gasteiger partial charge in [0.2, 0.25) is 5.91 Å². The molecule has 2 N–H and O–H groups in total. The van der Waals surface area contributed by atoms with Gasteiger partial charge in [-0.15, -0.1) is 0 Å². The molecule has 8 heteroatoms. The van der Waals surface area contributed by atoms with Crippen LogP contribution in [0.15, 0.2) is 18.2 Å². The van der Waals surface area contributed by atoms with Crippen LogP contribution in [0.3, 0.4) is 0 Å². The lowest BCUT2D eigenvalue weighted by molar-refractivity contribution is -0.384. The monoisotopic (exact) mass is 293 g/mol. The SMILES string of the molecule is CC(C(N)=O)N1C(=O)C(C)(C)Oc2ccc([N+](=O)[O-])cc21. The maximum atomic E-state index is 12.5. The second-order valence-electron chi connectivity index (χ2n) is 5.28. The van der Waals surface area contributed by atoms with Crippen molar-refractivity contribution >= 4 is 23.2 Å². The standard InChI is InChI=1S/C13H15N3O5/c1-7(11(14)17)15-9-6-8(16(19)20)4-5-10(9)21-13(2,3)12(15)18/h4-7H,1-3H3,(H2,14,17). The Labute approximate surface area is 120 Å². The quantitative estimate of drug-likeness (QED) is 0.658. The van der Waals surface area contributed by atoms with Crippen LogP contribution in [0.4, 0.5) is 11.4 Å². The number of carbonyl (C=O) groups is 2. The van der Waals surface area contributed by atoms with Gasteiger partial charge in [0.05, 0.1) is 10.6 Å². The number of nitrogens with zero attached hydrogens (tertiary/aromatic N) is 2. The minimum atomic E-state index is -1.19. The zero-order valence-electron chi connectivity index (χ0n) is 11.8. The molecule has 1 unspecified atom stereocenters. The number of benzene rings is 1. The van der Waals surface area contributed by atoms with Gasteiger partial charge in [-0.25, -0.2) is 0 Å². The molecule has 0 saturated heterocycles. The number of hydrogen-bond donors (Lipinski definition) is 1. The number of ether oxygens (including phenoxy) is 1. The van der Waals surface area contributed by atoms with E-state index in [0.29, 0.717) is 5.75 Å². The van der Waals surface area contributed by atoms with Gasteiger partial charge < -0.3 is 10.5 Å². The third kappa shape index (κ3) is 2.39. The van der Waals surface area contributed by atoms with Crippen LogP contribution >= 0.6 is 0 Å². The van der Waals surface area contributed by atoms with E-state index in [1.165, 1.54) is 25.1 Å². The first-order chi connectivity index (χ1) is 9.65. The number of non-ortho nitro benzene ring substituents is 1. The van der Waals surface area contributed by atoms with Crippen molar-refractivity contribution < 1.29 is 19.2 Å². The molecule has 1 aromatic carbocycles. The largest absolute Gasteiger partial charge is 0.476 e. The summed E-state index contributed by atoms with van der Waals surface area (Å²) in [7, 11) is 0. The number of amides is 2. The van der Waals surface area contributed by atoms with Crippen molar-refractivity contribution in [2.24, 2.45) is 5.73 Å². The number of nitro benzene ring substituents is 1. The molecule has 0 bridgehead atoms. The summed E-state index contributed by atoms with van der Waals surface area (Å²) < 4.78 is 5.56. The Hall–Kier alpha value is -2.64. The van der Waals surface area contributed by atoms with E-state index in [9.17, 15) is 19.7 Å². The smallest absolute Gasteiger partial charge is 0.271 e. The van der Waals surface area contributed by atoms with E-state index >= 15 is 0 Å². The number of nitrogens with two attached hydrogens (primary N) is 1. The summed E-state index contributed by atoms with van der Waals surface area (Å²) in [5.41, 5.74) is 4.04. The Kier molecular flexibility index (Phi) is 3.32. The first-order valence-electron chi connectivity index (χ1n) is 6.25. The number of anilines is 1. The Morgan fingerprint density at radius 2 is 2.10 bits per heavy atom. The molecule has 1 aromatic rings. The van der Waals surface area contributed by atoms with Gasteiger partial charge in [-0.3, -0.25) is 24.6 Å². The second-order valence-corrected chi connectivity index (χ2v) is 5.28. The highest BCUT2D eigenvalue weighted by Crippen LogP contribution is 2.40. The number of fused-ring (bicyclic) bond motifs is 1. The van der Waals surface area contributed by atoms with Crippen LogP contribution in [0.2, 0.25) is 0 Å². The van der Waals surface area contributed by atoms with E-state index in [-0.39, 0.29) is 11.4 Å². The third-order valence-corrected chi connectivity index (χ3v) is 3.31. The van der Waals surface area contributed by atoms with Gasteiger partial charge in [0, 0.05) is 12.1 Å². The van der Waals surface area contributed by atoms with E-state index in [4.69, 9.17) is 10.5 Å². The minimum absolute atomic E-state index is 0.167. The van der Waals surface area contributed by atoms with Crippen LogP contribution < -0.4 is 15.4 Å². The van der Waals surface area contributed by atoms with Crippen molar-refractivity contribution in [2.45, 2.75) is 32.4 Å². The molecule has 1 heterocycles. The molecule has 1 atom stereocenters. The van der Waals surface area contributed by atoms with E-state index in [0.717, 1.165) is 4.90 Å². The molecule has 0 aliphatic carbocycles. The molecule has 1 aliphatic heterocycles. The minimum Gasteiger partial charge on any atom is -0.476 e.